The molecule has 0 bridgehead atoms. The number of nitrogens with zero attached hydrogens (tertiary/aromatic N) is 1. The van der Waals surface area contributed by atoms with Gasteiger partial charge in [-0.3, -0.25) is 9.59 Å². The molecule has 2 atom stereocenters. The number of amides is 1. The van der Waals surface area contributed by atoms with Crippen LogP contribution in [0.5, 0.6) is 0 Å². The summed E-state index contributed by atoms with van der Waals surface area (Å²) in [7, 11) is 1.63. The minimum absolute atomic E-state index is 0.0603. The second kappa shape index (κ2) is 6.02. The van der Waals surface area contributed by atoms with Gasteiger partial charge in [-0.2, -0.15) is 0 Å². The first-order valence-corrected chi connectivity index (χ1v) is 7.10. The van der Waals surface area contributed by atoms with Gasteiger partial charge in [0.2, 0.25) is 5.91 Å². The fourth-order valence-electron chi connectivity index (χ4n) is 2.69. The number of carboxylic acids is 1. The molecule has 2 rings (SSSR count). The average molecular weight is 316 g/mol. The largest absolute Gasteiger partial charge is 0.481 e. The first-order valence-electron chi connectivity index (χ1n) is 6.34. The Morgan fingerprint density at radius 3 is 2.45 bits per heavy atom. The number of benzene rings is 1. The van der Waals surface area contributed by atoms with Gasteiger partial charge < -0.3 is 10.0 Å². The van der Waals surface area contributed by atoms with E-state index < -0.39 is 17.9 Å². The lowest BCUT2D eigenvalue weighted by Crippen LogP contribution is -2.36. The molecule has 2 unspecified atom stereocenters. The van der Waals surface area contributed by atoms with Crippen LogP contribution in [0.2, 0.25) is 10.0 Å². The molecule has 20 heavy (non-hydrogen) atoms. The van der Waals surface area contributed by atoms with Gasteiger partial charge in [-0.1, -0.05) is 23.2 Å². The van der Waals surface area contributed by atoms with Gasteiger partial charge in [0.15, 0.2) is 0 Å². The van der Waals surface area contributed by atoms with Crippen LogP contribution >= 0.6 is 23.2 Å². The van der Waals surface area contributed by atoms with Crippen molar-refractivity contribution < 1.29 is 14.7 Å². The highest BCUT2D eigenvalue weighted by molar-refractivity contribution is 6.34. The summed E-state index contributed by atoms with van der Waals surface area (Å²) in [5.74, 6) is -1.62. The van der Waals surface area contributed by atoms with Gasteiger partial charge in [0.1, 0.15) is 0 Å². The van der Waals surface area contributed by atoms with Gasteiger partial charge in [0.25, 0.3) is 0 Å². The van der Waals surface area contributed by atoms with Crippen molar-refractivity contribution in [1.29, 1.82) is 0 Å². The van der Waals surface area contributed by atoms with Gasteiger partial charge in [-0.15, -0.1) is 0 Å². The van der Waals surface area contributed by atoms with E-state index in [0.29, 0.717) is 34.9 Å². The van der Waals surface area contributed by atoms with Gasteiger partial charge >= 0.3 is 5.97 Å². The average Bonchev–Trinajstić information content (AvgIpc) is 2.48. The molecule has 1 amide bonds. The van der Waals surface area contributed by atoms with Crippen molar-refractivity contribution in [1.82, 2.24) is 4.90 Å². The molecule has 0 spiro atoms. The Labute approximate surface area is 127 Å². The zero-order valence-electron chi connectivity index (χ0n) is 11.0. The van der Waals surface area contributed by atoms with Crippen molar-refractivity contribution in [3.05, 3.63) is 33.8 Å². The Morgan fingerprint density at radius 1 is 1.30 bits per heavy atom. The SMILES string of the molecule is CN1C(=O)CCCC(C(=O)O)C1c1cc(Cl)cc(Cl)c1. The Morgan fingerprint density at radius 2 is 1.90 bits per heavy atom. The predicted molar refractivity (Wildman–Crippen MR) is 76.9 cm³/mol. The maximum Gasteiger partial charge on any atom is 0.308 e. The van der Waals surface area contributed by atoms with E-state index in [1.54, 1.807) is 25.2 Å². The third-order valence-electron chi connectivity index (χ3n) is 3.64. The summed E-state index contributed by atoms with van der Waals surface area (Å²) >= 11 is 12.0. The van der Waals surface area contributed by atoms with Crippen LogP contribution in [0.4, 0.5) is 0 Å². The monoisotopic (exact) mass is 315 g/mol. The molecule has 0 aromatic heterocycles. The third-order valence-corrected chi connectivity index (χ3v) is 4.08. The van der Waals surface area contributed by atoms with E-state index in [9.17, 15) is 14.7 Å². The highest BCUT2D eigenvalue weighted by atomic mass is 35.5. The smallest absolute Gasteiger partial charge is 0.308 e. The van der Waals surface area contributed by atoms with Gasteiger partial charge in [0, 0.05) is 23.5 Å². The minimum atomic E-state index is -0.910. The molecule has 0 aliphatic carbocycles. The molecule has 1 aromatic carbocycles. The Bertz CT molecular complexity index is 527. The van der Waals surface area contributed by atoms with Crippen LogP contribution in [0.25, 0.3) is 0 Å². The first kappa shape index (κ1) is 15.1. The summed E-state index contributed by atoms with van der Waals surface area (Å²) < 4.78 is 0. The number of carbonyl (C=O) groups excluding carboxylic acids is 1. The quantitative estimate of drug-likeness (QED) is 0.910. The molecule has 1 aromatic rings. The summed E-state index contributed by atoms with van der Waals surface area (Å²) in [6, 6.07) is 4.38. The number of halogens is 2. The van der Waals surface area contributed by atoms with Crippen LogP contribution in [0.1, 0.15) is 30.9 Å². The number of aliphatic carboxylic acids is 1. The van der Waals surface area contributed by atoms with Crippen LogP contribution in [0, 0.1) is 5.92 Å². The highest BCUT2D eigenvalue weighted by Crippen LogP contribution is 2.37. The molecule has 0 radical (unpaired) electrons. The Hall–Kier alpha value is -1.26. The molecule has 1 aliphatic heterocycles. The summed E-state index contributed by atoms with van der Waals surface area (Å²) in [5, 5.41) is 10.3. The normalized spacial score (nSPS) is 23.6. The van der Waals surface area contributed by atoms with E-state index in [2.05, 4.69) is 0 Å². The molecule has 1 saturated heterocycles. The molecule has 1 N–H and O–H groups in total. The number of carbonyl (C=O) groups is 2. The molecule has 6 heteroatoms. The van der Waals surface area contributed by atoms with Crippen LogP contribution in [-0.2, 0) is 9.59 Å². The van der Waals surface area contributed by atoms with Crippen LogP contribution < -0.4 is 0 Å². The lowest BCUT2D eigenvalue weighted by Gasteiger charge is -2.31. The topological polar surface area (TPSA) is 57.6 Å². The molecule has 108 valence electrons. The van der Waals surface area contributed by atoms with Crippen LogP contribution in [0.15, 0.2) is 18.2 Å². The second-order valence-electron chi connectivity index (χ2n) is 4.99. The minimum Gasteiger partial charge on any atom is -0.481 e. The van der Waals surface area contributed by atoms with Crippen molar-refractivity contribution in [2.75, 3.05) is 7.05 Å². The summed E-state index contributed by atoms with van der Waals surface area (Å²) in [6.07, 6.45) is 1.40. The Kier molecular flexibility index (Phi) is 4.55. The fraction of sp³-hybridized carbons (Fsp3) is 0.429. The fourth-order valence-corrected chi connectivity index (χ4v) is 3.24. The van der Waals surface area contributed by atoms with E-state index in [1.165, 1.54) is 4.90 Å². The van der Waals surface area contributed by atoms with E-state index in [-0.39, 0.29) is 5.91 Å². The molecule has 1 fully saturated rings. The molecule has 4 nitrogen and oxygen atoms in total. The lowest BCUT2D eigenvalue weighted by atomic mass is 9.89. The summed E-state index contributed by atoms with van der Waals surface area (Å²) in [5.41, 5.74) is 0.660. The highest BCUT2D eigenvalue weighted by Gasteiger charge is 2.37. The zero-order valence-corrected chi connectivity index (χ0v) is 12.5. The van der Waals surface area contributed by atoms with Crippen molar-refractivity contribution in [2.24, 2.45) is 5.92 Å². The van der Waals surface area contributed by atoms with E-state index in [1.807, 2.05) is 0 Å². The molecule has 0 saturated carbocycles. The van der Waals surface area contributed by atoms with Gasteiger partial charge in [-0.25, -0.2) is 0 Å². The second-order valence-corrected chi connectivity index (χ2v) is 5.86. The maximum absolute atomic E-state index is 12.0. The first-order chi connectivity index (χ1) is 9.40. The maximum atomic E-state index is 12.0. The third kappa shape index (κ3) is 3.07. The van der Waals surface area contributed by atoms with Gasteiger partial charge in [0.05, 0.1) is 12.0 Å². The number of carboxylic acid groups (broad SMARTS) is 1. The van der Waals surface area contributed by atoms with E-state index in [4.69, 9.17) is 23.2 Å². The molecule has 1 heterocycles. The van der Waals surface area contributed by atoms with E-state index in [0.717, 1.165) is 0 Å². The van der Waals surface area contributed by atoms with Crippen LogP contribution in [-0.4, -0.2) is 28.9 Å². The zero-order chi connectivity index (χ0) is 14.9. The molecule has 1 aliphatic rings. The lowest BCUT2D eigenvalue weighted by molar-refractivity contribution is -0.145. The van der Waals surface area contributed by atoms with Crippen molar-refractivity contribution in [3.8, 4) is 0 Å². The van der Waals surface area contributed by atoms with Crippen molar-refractivity contribution >= 4 is 35.1 Å². The number of rotatable bonds is 2. The number of hydrogen-bond acceptors (Lipinski definition) is 2. The van der Waals surface area contributed by atoms with Crippen molar-refractivity contribution in [2.45, 2.75) is 25.3 Å². The van der Waals surface area contributed by atoms with Crippen molar-refractivity contribution in [3.63, 3.8) is 0 Å². The molecular weight excluding hydrogens is 301 g/mol. The number of likely N-dealkylation sites (tertiary alicyclic amines) is 1. The summed E-state index contributed by atoms with van der Waals surface area (Å²) in [4.78, 5) is 25.0. The molecular formula is C14H15Cl2NO3. The van der Waals surface area contributed by atoms with E-state index >= 15 is 0 Å². The van der Waals surface area contributed by atoms with Gasteiger partial charge in [-0.05, 0) is 36.6 Å². The predicted octanol–water partition coefficient (Wildman–Crippen LogP) is 3.38. The Balaban J connectivity index is 2.49. The standard InChI is InChI=1S/C14H15Cl2NO3/c1-17-12(18)4-2-3-11(14(19)20)13(17)8-5-9(15)7-10(16)6-8/h5-7,11,13H,2-4H2,1H3,(H,19,20). The van der Waals surface area contributed by atoms with Crippen LogP contribution in [0.3, 0.4) is 0 Å². The summed E-state index contributed by atoms with van der Waals surface area (Å²) in [6.45, 7) is 0. The number of hydrogen-bond donors (Lipinski definition) is 1.